The Labute approximate surface area is 94.0 Å². The van der Waals surface area contributed by atoms with Crippen LogP contribution in [0.2, 0.25) is 0 Å². The number of nitrogens with zero attached hydrogens (tertiary/aromatic N) is 1. The Bertz CT molecular complexity index is 185. The zero-order valence-corrected chi connectivity index (χ0v) is 10.9. The van der Waals surface area contributed by atoms with Crippen molar-refractivity contribution >= 4 is 5.91 Å². The van der Waals surface area contributed by atoms with Gasteiger partial charge >= 0.3 is 5.91 Å². The van der Waals surface area contributed by atoms with Crippen LogP contribution in [-0.4, -0.2) is 44.7 Å². The van der Waals surface area contributed by atoms with E-state index in [9.17, 15) is 4.79 Å². The predicted molar refractivity (Wildman–Crippen MR) is 62.5 cm³/mol. The van der Waals surface area contributed by atoms with Crippen LogP contribution in [0.1, 0.15) is 33.1 Å². The van der Waals surface area contributed by atoms with E-state index in [2.05, 4.69) is 13.8 Å². The smallest absolute Gasteiger partial charge is 0.338 e. The lowest BCUT2D eigenvalue weighted by Gasteiger charge is -2.21. The molecule has 90 valence electrons. The van der Waals surface area contributed by atoms with Gasteiger partial charge in [0, 0.05) is 0 Å². The van der Waals surface area contributed by atoms with Gasteiger partial charge in [0.05, 0.1) is 27.7 Å². The molecule has 1 unspecified atom stereocenters. The molecule has 0 heterocycles. The topological polar surface area (TPSA) is 26.3 Å². The number of likely N-dealkylation sites (N-methyl/N-ethyl adjacent to an activating group) is 1. The fourth-order valence-corrected chi connectivity index (χ4v) is 1.32. The van der Waals surface area contributed by atoms with Crippen LogP contribution in [0.15, 0.2) is 0 Å². The zero-order valence-electron chi connectivity index (χ0n) is 10.9. The fourth-order valence-electron chi connectivity index (χ4n) is 1.32. The zero-order chi connectivity index (χ0) is 11.9. The van der Waals surface area contributed by atoms with Gasteiger partial charge in [-0.05, 0) is 12.3 Å². The Balaban J connectivity index is 3.73. The molecule has 0 saturated heterocycles. The number of carbonyl (C=O) groups excluding carboxylic acids is 1. The third kappa shape index (κ3) is 6.63. The number of hydrogen-bond donors (Lipinski definition) is 0. The van der Waals surface area contributed by atoms with E-state index >= 15 is 0 Å². The molecule has 1 amide bonds. The Morgan fingerprint density at radius 3 is 2.27 bits per heavy atom. The molecule has 0 rings (SSSR count). The van der Waals surface area contributed by atoms with Gasteiger partial charge in [0.2, 0.25) is 0 Å². The largest absolute Gasteiger partial charge is 0.367 e. The van der Waals surface area contributed by atoms with Gasteiger partial charge in [0.1, 0.15) is 0 Å². The summed E-state index contributed by atoms with van der Waals surface area (Å²) in [6.45, 7) is 5.31. The third-order valence-electron chi connectivity index (χ3n) is 2.60. The van der Waals surface area contributed by atoms with Crippen molar-refractivity contribution in [3.63, 3.8) is 0 Å². The maximum Gasteiger partial charge on any atom is 0.338 e. The SMILES string of the molecule is CCCC(CC)COCC(=O)[N+](C)(C)C. The Morgan fingerprint density at radius 1 is 1.27 bits per heavy atom. The molecule has 0 aliphatic heterocycles. The Kier molecular flexibility index (Phi) is 6.77. The number of quaternary nitrogens is 1. The predicted octanol–water partition coefficient (Wildman–Crippen LogP) is 2.06. The molecule has 0 bridgehead atoms. The van der Waals surface area contributed by atoms with Crippen LogP contribution >= 0.6 is 0 Å². The Morgan fingerprint density at radius 2 is 1.87 bits per heavy atom. The highest BCUT2D eigenvalue weighted by atomic mass is 16.5. The average Bonchev–Trinajstić information content (AvgIpc) is 2.14. The summed E-state index contributed by atoms with van der Waals surface area (Å²) >= 11 is 0. The van der Waals surface area contributed by atoms with E-state index in [0.29, 0.717) is 10.4 Å². The van der Waals surface area contributed by atoms with Gasteiger partial charge in [-0.25, -0.2) is 4.79 Å². The monoisotopic (exact) mass is 216 g/mol. The van der Waals surface area contributed by atoms with Gasteiger partial charge in [-0.3, -0.25) is 4.48 Å². The second-order valence-electron chi connectivity index (χ2n) is 4.98. The molecule has 3 heteroatoms. The van der Waals surface area contributed by atoms with E-state index in [1.807, 2.05) is 21.1 Å². The lowest BCUT2D eigenvalue weighted by atomic mass is 10.0. The summed E-state index contributed by atoms with van der Waals surface area (Å²) in [5.41, 5.74) is 0. The first-order valence-corrected chi connectivity index (χ1v) is 5.84. The molecule has 0 aromatic rings. The number of hydrogen-bond acceptors (Lipinski definition) is 2. The van der Waals surface area contributed by atoms with E-state index in [-0.39, 0.29) is 12.5 Å². The van der Waals surface area contributed by atoms with Crippen molar-refractivity contribution in [3.05, 3.63) is 0 Å². The Hall–Kier alpha value is -0.410. The van der Waals surface area contributed by atoms with Crippen molar-refractivity contribution in [1.82, 2.24) is 0 Å². The summed E-state index contributed by atoms with van der Waals surface area (Å²) in [6, 6.07) is 0. The van der Waals surface area contributed by atoms with Crippen molar-refractivity contribution in [1.29, 1.82) is 0 Å². The lowest BCUT2D eigenvalue weighted by Crippen LogP contribution is -2.43. The number of carbonyl (C=O) groups is 1. The number of amides is 1. The maximum atomic E-state index is 11.5. The summed E-state index contributed by atoms with van der Waals surface area (Å²) in [7, 11) is 5.61. The molecular weight excluding hydrogens is 190 g/mol. The van der Waals surface area contributed by atoms with Crippen LogP contribution in [0.4, 0.5) is 0 Å². The summed E-state index contributed by atoms with van der Waals surface area (Å²) < 4.78 is 5.80. The maximum absolute atomic E-state index is 11.5. The van der Waals surface area contributed by atoms with Gasteiger partial charge in [0.25, 0.3) is 0 Å². The van der Waals surface area contributed by atoms with Crippen LogP contribution in [0, 0.1) is 5.92 Å². The highest BCUT2D eigenvalue weighted by Crippen LogP contribution is 2.10. The molecule has 0 aromatic carbocycles. The minimum absolute atomic E-state index is 0.126. The number of ether oxygens (including phenoxy) is 1. The first-order valence-electron chi connectivity index (χ1n) is 5.84. The second kappa shape index (κ2) is 6.96. The highest BCUT2D eigenvalue weighted by molar-refractivity contribution is 5.69. The minimum atomic E-state index is 0.126. The third-order valence-corrected chi connectivity index (χ3v) is 2.60. The highest BCUT2D eigenvalue weighted by Gasteiger charge is 2.20. The number of rotatable bonds is 7. The first kappa shape index (κ1) is 14.6. The van der Waals surface area contributed by atoms with Crippen LogP contribution in [-0.2, 0) is 9.53 Å². The molecule has 0 aliphatic carbocycles. The molecule has 1 atom stereocenters. The van der Waals surface area contributed by atoms with Crippen LogP contribution in [0.5, 0.6) is 0 Å². The second-order valence-corrected chi connectivity index (χ2v) is 4.98. The molecule has 0 aliphatic rings. The van der Waals surface area contributed by atoms with E-state index in [4.69, 9.17) is 4.74 Å². The van der Waals surface area contributed by atoms with Gasteiger partial charge in [-0.15, -0.1) is 0 Å². The van der Waals surface area contributed by atoms with Crippen LogP contribution in [0.3, 0.4) is 0 Å². The van der Waals surface area contributed by atoms with Crippen LogP contribution < -0.4 is 0 Å². The minimum Gasteiger partial charge on any atom is -0.367 e. The van der Waals surface area contributed by atoms with Gasteiger partial charge in [-0.1, -0.05) is 26.7 Å². The summed E-state index contributed by atoms with van der Waals surface area (Å²) in [6.07, 6.45) is 3.51. The average molecular weight is 216 g/mol. The van der Waals surface area contributed by atoms with Gasteiger partial charge < -0.3 is 4.74 Å². The molecule has 0 aromatic heterocycles. The van der Waals surface area contributed by atoms with Crippen molar-refractivity contribution in [2.24, 2.45) is 5.92 Å². The van der Waals surface area contributed by atoms with E-state index in [1.54, 1.807) is 0 Å². The molecule has 3 nitrogen and oxygen atoms in total. The molecule has 0 spiro atoms. The quantitative estimate of drug-likeness (QED) is 0.609. The van der Waals surface area contributed by atoms with Crippen molar-refractivity contribution in [2.75, 3.05) is 34.4 Å². The summed E-state index contributed by atoms with van der Waals surface area (Å²) in [5.74, 6) is 0.733. The standard InChI is InChI=1S/C12H26NO2/c1-6-8-11(7-2)9-15-10-12(14)13(3,4)5/h11H,6-10H2,1-5H3/q+1. The van der Waals surface area contributed by atoms with Gasteiger partial charge in [-0.2, -0.15) is 0 Å². The molecule has 0 fully saturated rings. The molecule has 0 radical (unpaired) electrons. The van der Waals surface area contributed by atoms with Crippen LogP contribution in [0.25, 0.3) is 0 Å². The fraction of sp³-hybridized carbons (Fsp3) is 0.917. The normalized spacial score (nSPS) is 13.9. The summed E-state index contributed by atoms with van der Waals surface area (Å²) in [5, 5.41) is 0. The molecule has 0 N–H and O–H groups in total. The first-order chi connectivity index (χ1) is 6.91. The van der Waals surface area contributed by atoms with Crippen molar-refractivity contribution < 1.29 is 14.0 Å². The van der Waals surface area contributed by atoms with E-state index < -0.39 is 0 Å². The van der Waals surface area contributed by atoms with Crippen molar-refractivity contribution in [2.45, 2.75) is 33.1 Å². The molecular formula is C12H26NO2+. The molecule has 0 saturated carbocycles. The van der Waals surface area contributed by atoms with E-state index in [1.165, 1.54) is 12.8 Å². The lowest BCUT2D eigenvalue weighted by molar-refractivity contribution is -0.792. The van der Waals surface area contributed by atoms with Gasteiger partial charge in [0.15, 0.2) is 6.61 Å². The van der Waals surface area contributed by atoms with Crippen molar-refractivity contribution in [3.8, 4) is 0 Å². The molecule has 15 heavy (non-hydrogen) atoms. The summed E-state index contributed by atoms with van der Waals surface area (Å²) in [4.78, 5) is 11.5. The van der Waals surface area contributed by atoms with E-state index in [0.717, 1.165) is 13.0 Å².